The third-order valence-electron chi connectivity index (χ3n) is 7.49. The molecule has 3 unspecified atom stereocenters. The number of carbonyl (C=O) groups excluding carboxylic acids is 1. The Morgan fingerprint density at radius 2 is 1.10 bits per heavy atom. The second-order valence-electron chi connectivity index (χ2n) is 11.4. The number of nitrogens with one attached hydrogen (secondary N) is 1. The molecule has 39 heavy (non-hydrogen) atoms. The Kier molecular flexibility index (Phi) is 28.9. The molecule has 0 aromatic rings. The van der Waals surface area contributed by atoms with Crippen LogP contribution in [0.2, 0.25) is 0 Å². The SMILES string of the molecule is CCCCCCCCCCCCC/C=C/CC/C=C/C(O)C(CO)NC(=O)CC(O)CCCCCCCCC. The Bertz CT molecular complexity index is 578. The van der Waals surface area contributed by atoms with E-state index in [0.717, 1.165) is 32.1 Å². The Morgan fingerprint density at radius 1 is 0.641 bits per heavy atom. The molecular weight excluding hydrogens is 486 g/mol. The highest BCUT2D eigenvalue weighted by molar-refractivity contribution is 5.76. The molecule has 0 aromatic carbocycles. The van der Waals surface area contributed by atoms with Gasteiger partial charge in [0.25, 0.3) is 0 Å². The largest absolute Gasteiger partial charge is 0.394 e. The summed E-state index contributed by atoms with van der Waals surface area (Å²) in [4.78, 5) is 12.2. The summed E-state index contributed by atoms with van der Waals surface area (Å²) in [5, 5.41) is 32.7. The molecule has 0 rings (SSSR count). The van der Waals surface area contributed by atoms with Gasteiger partial charge in [0.1, 0.15) is 0 Å². The van der Waals surface area contributed by atoms with Crippen molar-refractivity contribution in [3.8, 4) is 0 Å². The van der Waals surface area contributed by atoms with Crippen LogP contribution in [0.4, 0.5) is 0 Å². The molecule has 0 saturated carbocycles. The summed E-state index contributed by atoms with van der Waals surface area (Å²) in [5.74, 6) is -0.331. The molecule has 0 aliphatic rings. The molecule has 5 heteroatoms. The van der Waals surface area contributed by atoms with Crippen LogP contribution < -0.4 is 5.32 Å². The minimum atomic E-state index is -0.945. The van der Waals surface area contributed by atoms with E-state index in [0.29, 0.717) is 6.42 Å². The van der Waals surface area contributed by atoms with Crippen molar-refractivity contribution in [3.05, 3.63) is 24.3 Å². The van der Waals surface area contributed by atoms with Gasteiger partial charge in [0.15, 0.2) is 0 Å². The minimum absolute atomic E-state index is 0.00664. The number of hydrogen-bond donors (Lipinski definition) is 4. The highest BCUT2D eigenvalue weighted by Gasteiger charge is 2.20. The van der Waals surface area contributed by atoms with Gasteiger partial charge in [-0.05, 0) is 32.1 Å². The third-order valence-corrected chi connectivity index (χ3v) is 7.49. The van der Waals surface area contributed by atoms with Gasteiger partial charge in [0, 0.05) is 0 Å². The number of amides is 1. The van der Waals surface area contributed by atoms with Crippen LogP contribution in [0.1, 0.15) is 162 Å². The molecule has 0 aliphatic heterocycles. The molecule has 4 N–H and O–H groups in total. The van der Waals surface area contributed by atoms with Crippen molar-refractivity contribution in [2.45, 2.75) is 180 Å². The van der Waals surface area contributed by atoms with Gasteiger partial charge < -0.3 is 20.6 Å². The van der Waals surface area contributed by atoms with Gasteiger partial charge >= 0.3 is 0 Å². The van der Waals surface area contributed by atoms with Crippen LogP contribution in [-0.4, -0.2) is 46.1 Å². The standard InChI is InChI=1S/C34H65NO4/c1-3-5-7-9-11-12-13-14-15-16-17-18-19-20-22-24-26-28-33(38)32(30-36)35-34(39)29-31(37)27-25-23-21-10-8-6-4-2/h19-20,26,28,31-33,36-38H,3-18,21-25,27,29-30H2,1-2H3,(H,35,39)/b20-19+,28-26+. The molecule has 0 heterocycles. The monoisotopic (exact) mass is 551 g/mol. The maximum Gasteiger partial charge on any atom is 0.222 e. The quantitative estimate of drug-likeness (QED) is 0.0556. The summed E-state index contributed by atoms with van der Waals surface area (Å²) < 4.78 is 0. The zero-order valence-corrected chi connectivity index (χ0v) is 25.8. The summed E-state index contributed by atoms with van der Waals surface area (Å²) in [6.45, 7) is 4.13. The molecule has 0 spiro atoms. The van der Waals surface area contributed by atoms with Gasteiger partial charge in [-0.25, -0.2) is 0 Å². The molecule has 0 aliphatic carbocycles. The highest BCUT2D eigenvalue weighted by Crippen LogP contribution is 2.13. The van der Waals surface area contributed by atoms with Crippen molar-refractivity contribution in [3.63, 3.8) is 0 Å². The van der Waals surface area contributed by atoms with Gasteiger partial charge in [-0.3, -0.25) is 4.79 Å². The predicted molar refractivity (Wildman–Crippen MR) is 167 cm³/mol. The average Bonchev–Trinajstić information content (AvgIpc) is 2.92. The van der Waals surface area contributed by atoms with E-state index in [1.807, 2.05) is 6.08 Å². The number of aliphatic hydroxyl groups is 3. The predicted octanol–water partition coefficient (Wildman–Crippen LogP) is 8.31. The van der Waals surface area contributed by atoms with Crippen molar-refractivity contribution in [2.24, 2.45) is 0 Å². The number of unbranched alkanes of at least 4 members (excludes halogenated alkanes) is 18. The Labute approximate surface area is 241 Å². The molecule has 1 amide bonds. The second kappa shape index (κ2) is 29.8. The lowest BCUT2D eigenvalue weighted by atomic mass is 10.0. The maximum atomic E-state index is 12.2. The van der Waals surface area contributed by atoms with Crippen molar-refractivity contribution < 1.29 is 20.1 Å². The molecule has 230 valence electrons. The maximum absolute atomic E-state index is 12.2. The van der Waals surface area contributed by atoms with Gasteiger partial charge in [0.05, 0.1) is 31.3 Å². The van der Waals surface area contributed by atoms with Crippen LogP contribution in [0.5, 0.6) is 0 Å². The molecule has 0 aromatic heterocycles. The van der Waals surface area contributed by atoms with Crippen molar-refractivity contribution >= 4 is 5.91 Å². The Balaban J connectivity index is 3.80. The van der Waals surface area contributed by atoms with E-state index in [1.54, 1.807) is 6.08 Å². The molecule has 5 nitrogen and oxygen atoms in total. The number of allylic oxidation sites excluding steroid dienone is 3. The van der Waals surface area contributed by atoms with E-state index in [9.17, 15) is 20.1 Å². The molecule has 0 saturated heterocycles. The summed E-state index contributed by atoms with van der Waals surface area (Å²) in [6.07, 6.45) is 33.1. The van der Waals surface area contributed by atoms with Crippen LogP contribution in [0.3, 0.4) is 0 Å². The number of carbonyl (C=O) groups is 1. The fraction of sp³-hybridized carbons (Fsp3) is 0.853. The third kappa shape index (κ3) is 26.8. The first-order valence-electron chi connectivity index (χ1n) is 16.6. The fourth-order valence-electron chi connectivity index (χ4n) is 4.88. The Hall–Kier alpha value is -1.17. The smallest absolute Gasteiger partial charge is 0.222 e. The molecule has 0 fully saturated rings. The summed E-state index contributed by atoms with van der Waals surface area (Å²) in [6, 6.07) is -0.754. The van der Waals surface area contributed by atoms with Crippen molar-refractivity contribution in [2.75, 3.05) is 6.61 Å². The van der Waals surface area contributed by atoms with E-state index >= 15 is 0 Å². The molecule has 0 radical (unpaired) electrons. The first kappa shape index (κ1) is 37.8. The minimum Gasteiger partial charge on any atom is -0.394 e. The van der Waals surface area contributed by atoms with Gasteiger partial charge in [-0.15, -0.1) is 0 Å². The second-order valence-corrected chi connectivity index (χ2v) is 11.4. The Morgan fingerprint density at radius 3 is 1.64 bits per heavy atom. The highest BCUT2D eigenvalue weighted by atomic mass is 16.3. The fourth-order valence-corrected chi connectivity index (χ4v) is 4.88. The van der Waals surface area contributed by atoms with Gasteiger partial charge in [0.2, 0.25) is 5.91 Å². The summed E-state index contributed by atoms with van der Waals surface area (Å²) >= 11 is 0. The first-order chi connectivity index (χ1) is 19.0. The molecule has 3 atom stereocenters. The number of rotatable bonds is 29. The normalized spacial score (nSPS) is 14.3. The lowest BCUT2D eigenvalue weighted by Crippen LogP contribution is -2.45. The lowest BCUT2D eigenvalue weighted by Gasteiger charge is -2.21. The van der Waals surface area contributed by atoms with Crippen LogP contribution in [0.25, 0.3) is 0 Å². The van der Waals surface area contributed by atoms with Crippen LogP contribution in [0, 0.1) is 0 Å². The molecule has 0 bridgehead atoms. The zero-order chi connectivity index (χ0) is 28.8. The lowest BCUT2D eigenvalue weighted by molar-refractivity contribution is -0.124. The first-order valence-corrected chi connectivity index (χ1v) is 16.6. The average molecular weight is 552 g/mol. The summed E-state index contributed by atoms with van der Waals surface area (Å²) in [5.41, 5.74) is 0. The number of aliphatic hydroxyl groups excluding tert-OH is 3. The number of hydrogen-bond acceptors (Lipinski definition) is 4. The van der Waals surface area contributed by atoms with E-state index in [4.69, 9.17) is 0 Å². The van der Waals surface area contributed by atoms with Crippen LogP contribution in [0.15, 0.2) is 24.3 Å². The van der Waals surface area contributed by atoms with Crippen LogP contribution in [-0.2, 0) is 4.79 Å². The van der Waals surface area contributed by atoms with E-state index in [-0.39, 0.29) is 18.9 Å². The summed E-state index contributed by atoms with van der Waals surface area (Å²) in [7, 11) is 0. The topological polar surface area (TPSA) is 89.8 Å². The van der Waals surface area contributed by atoms with Gasteiger partial charge in [-0.2, -0.15) is 0 Å². The van der Waals surface area contributed by atoms with Crippen molar-refractivity contribution in [1.82, 2.24) is 5.32 Å². The van der Waals surface area contributed by atoms with E-state index < -0.39 is 18.2 Å². The van der Waals surface area contributed by atoms with Gasteiger partial charge in [-0.1, -0.05) is 147 Å². The zero-order valence-electron chi connectivity index (χ0n) is 25.8. The van der Waals surface area contributed by atoms with Crippen molar-refractivity contribution in [1.29, 1.82) is 0 Å². The van der Waals surface area contributed by atoms with E-state index in [2.05, 4.69) is 31.3 Å². The van der Waals surface area contributed by atoms with E-state index in [1.165, 1.54) is 103 Å². The van der Waals surface area contributed by atoms with Crippen LogP contribution >= 0.6 is 0 Å². The molecular formula is C34H65NO4.